The summed E-state index contributed by atoms with van der Waals surface area (Å²) in [6.45, 7) is 4.10. The Bertz CT molecular complexity index is 180. The Hall–Kier alpha value is -0.120. The third kappa shape index (κ3) is 3.74. The van der Waals surface area contributed by atoms with Gasteiger partial charge in [0.1, 0.15) is 0 Å². The van der Waals surface area contributed by atoms with Crippen LogP contribution < -0.4 is 5.32 Å². The summed E-state index contributed by atoms with van der Waals surface area (Å²) in [5.41, 5.74) is 0. The zero-order valence-corrected chi connectivity index (χ0v) is 9.87. The molecule has 2 fully saturated rings. The summed E-state index contributed by atoms with van der Waals surface area (Å²) in [6.07, 6.45) is 7.38. The molecule has 0 aromatic carbocycles. The number of likely N-dealkylation sites (N-methyl/N-ethyl adjacent to an activating group) is 1. The minimum absolute atomic E-state index is 0.408. The maximum atomic E-state index is 5.74. The van der Waals surface area contributed by atoms with Crippen LogP contribution in [-0.4, -0.2) is 50.3 Å². The Balaban J connectivity index is 1.63. The van der Waals surface area contributed by atoms with Gasteiger partial charge in [0.25, 0.3) is 0 Å². The maximum Gasteiger partial charge on any atom is 0.0826 e. The van der Waals surface area contributed by atoms with E-state index in [1.807, 2.05) is 0 Å². The molecule has 1 saturated carbocycles. The van der Waals surface area contributed by atoms with Gasteiger partial charge in [-0.1, -0.05) is 19.3 Å². The molecule has 1 aliphatic heterocycles. The Morgan fingerprint density at radius 2 is 2.07 bits per heavy atom. The average molecular weight is 212 g/mol. The largest absolute Gasteiger partial charge is 0.374 e. The lowest BCUT2D eigenvalue weighted by Gasteiger charge is -2.32. The molecule has 1 saturated heterocycles. The minimum atomic E-state index is 0.408. The van der Waals surface area contributed by atoms with E-state index in [2.05, 4.69) is 17.3 Å². The third-order valence-electron chi connectivity index (χ3n) is 3.58. The van der Waals surface area contributed by atoms with Crippen molar-refractivity contribution in [3.63, 3.8) is 0 Å². The van der Waals surface area contributed by atoms with Gasteiger partial charge < -0.3 is 15.0 Å². The first-order chi connectivity index (χ1) is 7.34. The molecule has 0 bridgehead atoms. The van der Waals surface area contributed by atoms with Crippen LogP contribution in [-0.2, 0) is 4.74 Å². The maximum absolute atomic E-state index is 5.74. The smallest absolute Gasteiger partial charge is 0.0826 e. The fraction of sp³-hybridized carbons (Fsp3) is 1.00. The Kier molecular flexibility index (Phi) is 4.42. The van der Waals surface area contributed by atoms with Gasteiger partial charge in [0, 0.05) is 25.7 Å². The van der Waals surface area contributed by atoms with Gasteiger partial charge in [-0.2, -0.15) is 0 Å². The number of nitrogens with zero attached hydrogens (tertiary/aromatic N) is 1. The van der Waals surface area contributed by atoms with Crippen molar-refractivity contribution < 1.29 is 4.74 Å². The number of ether oxygens (including phenoxy) is 1. The first-order valence-electron chi connectivity index (χ1n) is 6.38. The second kappa shape index (κ2) is 5.83. The lowest BCUT2D eigenvalue weighted by atomic mass is 9.95. The predicted molar refractivity (Wildman–Crippen MR) is 62.1 cm³/mol. The second-order valence-corrected chi connectivity index (χ2v) is 5.00. The van der Waals surface area contributed by atoms with Crippen molar-refractivity contribution in [2.24, 2.45) is 0 Å². The van der Waals surface area contributed by atoms with Crippen LogP contribution in [0.4, 0.5) is 0 Å². The lowest BCUT2D eigenvalue weighted by Crippen LogP contribution is -2.47. The Morgan fingerprint density at radius 3 is 2.80 bits per heavy atom. The van der Waals surface area contributed by atoms with Crippen LogP contribution >= 0.6 is 0 Å². The molecular formula is C12H24N2O. The minimum Gasteiger partial charge on any atom is -0.374 e. The molecule has 1 atom stereocenters. The van der Waals surface area contributed by atoms with E-state index in [0.717, 1.165) is 32.3 Å². The fourth-order valence-electron chi connectivity index (χ4n) is 2.60. The summed E-state index contributed by atoms with van der Waals surface area (Å²) in [5.74, 6) is 0. The van der Waals surface area contributed by atoms with Crippen LogP contribution in [0.3, 0.4) is 0 Å². The molecule has 0 spiro atoms. The highest BCUT2D eigenvalue weighted by atomic mass is 16.5. The highest BCUT2D eigenvalue weighted by molar-refractivity contribution is 4.76. The summed E-state index contributed by atoms with van der Waals surface area (Å²) in [6, 6.07) is 0.759. The lowest BCUT2D eigenvalue weighted by molar-refractivity contribution is -0.0197. The standard InChI is InChI=1S/C12H24N2O/c1-14-7-8-15-12(10-14)9-13-11-5-3-2-4-6-11/h11-13H,2-10H2,1H3/t12-/m0/s1. The van der Waals surface area contributed by atoms with E-state index >= 15 is 0 Å². The molecule has 0 aromatic heterocycles. The number of hydrogen-bond acceptors (Lipinski definition) is 3. The molecule has 0 amide bonds. The van der Waals surface area contributed by atoms with Gasteiger partial charge in [0.2, 0.25) is 0 Å². The monoisotopic (exact) mass is 212 g/mol. The van der Waals surface area contributed by atoms with Gasteiger partial charge in [-0.15, -0.1) is 0 Å². The van der Waals surface area contributed by atoms with Crippen molar-refractivity contribution in [1.29, 1.82) is 0 Å². The molecule has 0 unspecified atom stereocenters. The van der Waals surface area contributed by atoms with Gasteiger partial charge in [0.05, 0.1) is 12.7 Å². The molecule has 0 radical (unpaired) electrons. The third-order valence-corrected chi connectivity index (χ3v) is 3.58. The highest BCUT2D eigenvalue weighted by Crippen LogP contribution is 2.17. The van der Waals surface area contributed by atoms with Crippen LogP contribution in [0.2, 0.25) is 0 Å². The normalized spacial score (nSPS) is 30.6. The van der Waals surface area contributed by atoms with Crippen molar-refractivity contribution in [2.75, 3.05) is 33.3 Å². The first-order valence-corrected chi connectivity index (χ1v) is 6.38. The molecule has 1 N–H and O–H groups in total. The number of nitrogens with one attached hydrogen (secondary N) is 1. The van der Waals surface area contributed by atoms with Gasteiger partial charge >= 0.3 is 0 Å². The van der Waals surface area contributed by atoms with E-state index in [9.17, 15) is 0 Å². The quantitative estimate of drug-likeness (QED) is 0.762. The number of hydrogen-bond donors (Lipinski definition) is 1. The SMILES string of the molecule is CN1CCO[C@@H](CNC2CCCCC2)C1. The van der Waals surface area contributed by atoms with Crippen molar-refractivity contribution >= 4 is 0 Å². The molecule has 2 rings (SSSR count). The summed E-state index contributed by atoms with van der Waals surface area (Å²) >= 11 is 0. The highest BCUT2D eigenvalue weighted by Gasteiger charge is 2.19. The summed E-state index contributed by atoms with van der Waals surface area (Å²) < 4.78 is 5.74. The predicted octanol–water partition coefficient (Wildman–Crippen LogP) is 1.24. The zero-order valence-electron chi connectivity index (χ0n) is 9.87. The zero-order chi connectivity index (χ0) is 10.5. The summed E-state index contributed by atoms with van der Waals surface area (Å²) in [5, 5.41) is 3.66. The van der Waals surface area contributed by atoms with Crippen LogP contribution in [0.25, 0.3) is 0 Å². The van der Waals surface area contributed by atoms with Crippen molar-refractivity contribution in [1.82, 2.24) is 10.2 Å². The van der Waals surface area contributed by atoms with Gasteiger partial charge in [-0.05, 0) is 19.9 Å². The topological polar surface area (TPSA) is 24.5 Å². The van der Waals surface area contributed by atoms with E-state index < -0.39 is 0 Å². The molecular weight excluding hydrogens is 188 g/mol. The molecule has 3 nitrogen and oxygen atoms in total. The summed E-state index contributed by atoms with van der Waals surface area (Å²) in [7, 11) is 2.18. The van der Waals surface area contributed by atoms with Crippen LogP contribution in [0, 0.1) is 0 Å². The fourth-order valence-corrected chi connectivity index (χ4v) is 2.60. The van der Waals surface area contributed by atoms with Gasteiger partial charge in [-0.25, -0.2) is 0 Å². The van der Waals surface area contributed by atoms with E-state index in [1.54, 1.807) is 0 Å². The van der Waals surface area contributed by atoms with E-state index in [1.165, 1.54) is 32.1 Å². The van der Waals surface area contributed by atoms with E-state index in [-0.39, 0.29) is 0 Å². The molecule has 1 aliphatic carbocycles. The van der Waals surface area contributed by atoms with Crippen molar-refractivity contribution in [2.45, 2.75) is 44.2 Å². The Labute approximate surface area is 93.2 Å². The molecule has 3 heteroatoms. The van der Waals surface area contributed by atoms with Gasteiger partial charge in [-0.3, -0.25) is 0 Å². The summed E-state index contributed by atoms with van der Waals surface area (Å²) in [4.78, 5) is 2.36. The van der Waals surface area contributed by atoms with Crippen molar-refractivity contribution in [3.8, 4) is 0 Å². The second-order valence-electron chi connectivity index (χ2n) is 5.00. The molecule has 88 valence electrons. The van der Waals surface area contributed by atoms with E-state index in [0.29, 0.717) is 6.10 Å². The van der Waals surface area contributed by atoms with E-state index in [4.69, 9.17) is 4.74 Å². The Morgan fingerprint density at radius 1 is 1.27 bits per heavy atom. The number of morpholine rings is 1. The molecule has 2 aliphatic rings. The van der Waals surface area contributed by atoms with Crippen LogP contribution in [0.1, 0.15) is 32.1 Å². The van der Waals surface area contributed by atoms with Gasteiger partial charge in [0.15, 0.2) is 0 Å². The van der Waals surface area contributed by atoms with Crippen LogP contribution in [0.5, 0.6) is 0 Å². The molecule has 0 aromatic rings. The number of rotatable bonds is 3. The van der Waals surface area contributed by atoms with Crippen molar-refractivity contribution in [3.05, 3.63) is 0 Å². The molecule has 15 heavy (non-hydrogen) atoms. The molecule has 1 heterocycles. The average Bonchev–Trinajstić information content (AvgIpc) is 2.28. The van der Waals surface area contributed by atoms with Crippen LogP contribution in [0.15, 0.2) is 0 Å². The first kappa shape index (κ1) is 11.4.